The van der Waals surface area contributed by atoms with E-state index in [0.29, 0.717) is 0 Å². The van der Waals surface area contributed by atoms with E-state index in [0.717, 1.165) is 58.1 Å². The third-order valence-electron chi connectivity index (χ3n) is 9.80. The van der Waals surface area contributed by atoms with Crippen LogP contribution < -0.4 is 0 Å². The Morgan fingerprint density at radius 2 is 0.660 bits per heavy atom. The van der Waals surface area contributed by atoms with E-state index in [1.165, 1.54) is 156 Å². The van der Waals surface area contributed by atoms with Crippen LogP contribution in [0.4, 0.5) is 0 Å². The minimum Gasteiger partial charge on any atom is -0.507 e. The summed E-state index contributed by atoms with van der Waals surface area (Å²) in [6.45, 7) is 6.78. The Kier molecular flexibility index (Phi) is 21.7. The van der Waals surface area contributed by atoms with Crippen LogP contribution in [-0.2, 0) is 19.3 Å². The molecule has 50 heavy (non-hydrogen) atoms. The highest BCUT2D eigenvalue weighted by molar-refractivity contribution is 8.00. The van der Waals surface area contributed by atoms with Crippen molar-refractivity contribution in [3.05, 3.63) is 65.2 Å². The number of hydrogen-bond acceptors (Lipinski definition) is 5. The van der Waals surface area contributed by atoms with Gasteiger partial charge in [0.25, 0.3) is 0 Å². The molecule has 0 fully saturated rings. The molecule has 0 unspecified atom stereocenters. The molecule has 0 bridgehead atoms. The number of unbranched alkanes of at least 4 members (excludes halogenated alkanes) is 18. The van der Waals surface area contributed by atoms with E-state index in [1.807, 2.05) is 24.3 Å². The Morgan fingerprint density at radius 1 is 0.360 bits per heavy atom. The normalized spacial score (nSPS) is 11.4. The lowest BCUT2D eigenvalue weighted by Gasteiger charge is -2.15. The molecule has 3 nitrogen and oxygen atoms in total. The van der Waals surface area contributed by atoms with Gasteiger partial charge in [-0.25, -0.2) is 0 Å². The Balaban J connectivity index is 1.74. The summed E-state index contributed by atoms with van der Waals surface area (Å²) < 4.78 is 0. The predicted molar refractivity (Wildman–Crippen MR) is 218 cm³/mol. The smallest absolute Gasteiger partial charge is 0.143 e. The van der Waals surface area contributed by atoms with Gasteiger partial charge in [-0.3, -0.25) is 0 Å². The highest BCUT2D eigenvalue weighted by Crippen LogP contribution is 2.47. The van der Waals surface area contributed by atoms with Crippen molar-refractivity contribution in [3.63, 3.8) is 0 Å². The Labute approximate surface area is 314 Å². The van der Waals surface area contributed by atoms with Crippen LogP contribution >= 0.6 is 23.5 Å². The number of hydrogen-bond donors (Lipinski definition) is 3. The van der Waals surface area contributed by atoms with E-state index in [-0.39, 0.29) is 17.2 Å². The largest absolute Gasteiger partial charge is 0.507 e. The molecule has 0 heterocycles. The van der Waals surface area contributed by atoms with Gasteiger partial charge in [-0.05, 0) is 91.6 Å². The van der Waals surface area contributed by atoms with Crippen LogP contribution in [0.15, 0.2) is 68.1 Å². The molecule has 5 heteroatoms. The average molecular weight is 721 g/mol. The van der Waals surface area contributed by atoms with Gasteiger partial charge < -0.3 is 15.3 Å². The Morgan fingerprint density at radius 3 is 1.02 bits per heavy atom. The molecule has 278 valence electrons. The lowest BCUT2D eigenvalue weighted by atomic mass is 10.0. The molecule has 0 amide bonds. The highest BCUT2D eigenvalue weighted by atomic mass is 32.2. The van der Waals surface area contributed by atoms with Crippen molar-refractivity contribution in [2.24, 2.45) is 0 Å². The monoisotopic (exact) mass is 720 g/mol. The lowest BCUT2D eigenvalue weighted by Crippen LogP contribution is -1.92. The van der Waals surface area contributed by atoms with Gasteiger partial charge in [0.1, 0.15) is 17.2 Å². The van der Waals surface area contributed by atoms with Crippen LogP contribution in [0.3, 0.4) is 0 Å². The van der Waals surface area contributed by atoms with Crippen molar-refractivity contribution in [2.45, 2.75) is 194 Å². The molecular weight excluding hydrogens is 653 g/mol. The molecule has 3 aromatic carbocycles. The van der Waals surface area contributed by atoms with Crippen LogP contribution in [0.25, 0.3) is 0 Å². The van der Waals surface area contributed by atoms with E-state index in [4.69, 9.17) is 0 Å². The average Bonchev–Trinajstić information content (AvgIpc) is 3.11. The van der Waals surface area contributed by atoms with Crippen molar-refractivity contribution in [2.75, 3.05) is 0 Å². The molecule has 3 aromatic rings. The fraction of sp³-hybridized carbons (Fsp3) is 0.600. The van der Waals surface area contributed by atoms with Gasteiger partial charge in [-0.2, -0.15) is 0 Å². The maximum absolute atomic E-state index is 11.7. The van der Waals surface area contributed by atoms with Crippen molar-refractivity contribution in [1.82, 2.24) is 0 Å². The maximum atomic E-state index is 11.7. The fourth-order valence-electron chi connectivity index (χ4n) is 6.62. The third kappa shape index (κ3) is 16.4. The molecule has 0 aliphatic rings. The zero-order valence-corrected chi connectivity index (χ0v) is 33.4. The molecule has 3 rings (SSSR count). The topological polar surface area (TPSA) is 60.7 Å². The number of aryl methyl sites for hydroxylation is 3. The van der Waals surface area contributed by atoms with Crippen molar-refractivity contribution >= 4 is 23.5 Å². The zero-order valence-electron chi connectivity index (χ0n) is 31.7. The van der Waals surface area contributed by atoms with Gasteiger partial charge >= 0.3 is 0 Å². The molecule has 0 aromatic heterocycles. The van der Waals surface area contributed by atoms with Crippen molar-refractivity contribution < 1.29 is 15.3 Å². The van der Waals surface area contributed by atoms with Crippen LogP contribution in [0.2, 0.25) is 0 Å². The zero-order chi connectivity index (χ0) is 35.8. The summed E-state index contributed by atoms with van der Waals surface area (Å²) >= 11 is 2.90. The van der Waals surface area contributed by atoms with Gasteiger partial charge in [-0.1, -0.05) is 172 Å². The number of benzene rings is 3. The third-order valence-corrected chi connectivity index (χ3v) is 12.0. The summed E-state index contributed by atoms with van der Waals surface area (Å²) in [7, 11) is 0. The Bertz CT molecular complexity index is 1260. The van der Waals surface area contributed by atoms with Crippen LogP contribution in [-0.4, -0.2) is 15.3 Å². The first-order valence-corrected chi connectivity index (χ1v) is 21.9. The molecular formula is C45H68O3S2. The van der Waals surface area contributed by atoms with Gasteiger partial charge in [0.15, 0.2) is 0 Å². The summed E-state index contributed by atoms with van der Waals surface area (Å²) in [6.07, 6.45) is 29.6. The van der Waals surface area contributed by atoms with Crippen LogP contribution in [0.1, 0.15) is 172 Å². The van der Waals surface area contributed by atoms with Gasteiger partial charge in [0, 0.05) is 0 Å². The van der Waals surface area contributed by atoms with Crippen LogP contribution in [0.5, 0.6) is 17.2 Å². The molecule has 0 aliphatic heterocycles. The molecule has 0 saturated heterocycles. The predicted octanol–water partition coefficient (Wildman–Crippen LogP) is 15.0. The first-order chi connectivity index (χ1) is 24.4. The summed E-state index contributed by atoms with van der Waals surface area (Å²) in [5, 5.41) is 33.4. The first-order valence-electron chi connectivity index (χ1n) is 20.3. The van der Waals surface area contributed by atoms with E-state index in [2.05, 4.69) is 45.0 Å². The van der Waals surface area contributed by atoms with E-state index < -0.39 is 0 Å². The summed E-state index contributed by atoms with van der Waals surface area (Å²) in [6, 6.07) is 16.1. The first kappa shape index (κ1) is 42.2. The van der Waals surface area contributed by atoms with E-state index >= 15 is 0 Å². The number of phenolic OH excluding ortho intramolecular Hbond substituents is 3. The molecule has 0 saturated carbocycles. The second-order valence-electron chi connectivity index (χ2n) is 14.4. The highest BCUT2D eigenvalue weighted by Gasteiger charge is 2.17. The van der Waals surface area contributed by atoms with Crippen molar-refractivity contribution in [1.29, 1.82) is 0 Å². The maximum Gasteiger partial charge on any atom is 0.143 e. The van der Waals surface area contributed by atoms with Gasteiger partial charge in [0.2, 0.25) is 0 Å². The number of aromatic hydroxyl groups is 3. The van der Waals surface area contributed by atoms with Crippen molar-refractivity contribution in [3.8, 4) is 17.2 Å². The number of rotatable bonds is 28. The summed E-state index contributed by atoms with van der Waals surface area (Å²) in [5.74, 6) is 0.720. The van der Waals surface area contributed by atoms with E-state index in [1.54, 1.807) is 0 Å². The van der Waals surface area contributed by atoms with Gasteiger partial charge in [-0.15, -0.1) is 0 Å². The molecule has 0 atom stereocenters. The van der Waals surface area contributed by atoms with Gasteiger partial charge in [0.05, 0.1) is 19.6 Å². The fourth-order valence-corrected chi connectivity index (χ4v) is 8.76. The summed E-state index contributed by atoms with van der Waals surface area (Å²) in [5.41, 5.74) is 3.66. The second-order valence-corrected chi connectivity index (χ2v) is 16.5. The van der Waals surface area contributed by atoms with E-state index in [9.17, 15) is 15.3 Å². The summed E-state index contributed by atoms with van der Waals surface area (Å²) in [4.78, 5) is 3.08. The molecule has 0 radical (unpaired) electrons. The molecule has 0 spiro atoms. The molecule has 3 N–H and O–H groups in total. The minimum atomic E-state index is 0.220. The second kappa shape index (κ2) is 25.7. The van der Waals surface area contributed by atoms with Crippen LogP contribution in [0, 0.1) is 0 Å². The number of phenols is 3. The quantitative estimate of drug-likeness (QED) is 0.0652. The SMILES string of the molecule is CCCCCCCCCc1ccc(O)c(Sc2cc(CCCCCCCCC)cc(Sc3cc(CCCCCCCCC)ccc3O)c2O)c1. The Hall–Kier alpha value is -2.24. The minimum absolute atomic E-state index is 0.220. The lowest BCUT2D eigenvalue weighted by molar-refractivity contribution is 0.447. The standard InChI is InChI=1S/C45H68O3S2/c1-4-7-10-13-16-19-22-25-36-28-30-39(46)41(32-36)49-43-34-38(27-24-21-18-15-12-9-6-3)35-44(45(43)48)50-42-33-37(29-31-40(42)47)26-23-20-17-14-11-8-5-2/h28-35,46-48H,4-27H2,1-3H3. The molecule has 0 aliphatic carbocycles.